The van der Waals surface area contributed by atoms with Crippen molar-refractivity contribution >= 4 is 0 Å². The molecule has 3 aromatic rings. The summed E-state index contributed by atoms with van der Waals surface area (Å²) in [6.45, 7) is 11.8. The second kappa shape index (κ2) is 6.08. The predicted octanol–water partition coefficient (Wildman–Crippen LogP) is 6.51. The first-order chi connectivity index (χ1) is 13.7. The van der Waals surface area contributed by atoms with Gasteiger partial charge in [-0.3, -0.25) is 4.68 Å². The Kier molecular flexibility index (Phi) is 3.91. The summed E-state index contributed by atoms with van der Waals surface area (Å²) in [4.78, 5) is 0. The van der Waals surface area contributed by atoms with E-state index in [0.29, 0.717) is 0 Å². The average Bonchev–Trinajstić information content (AvgIpc) is 3.02. The maximum absolute atomic E-state index is 4.98. The molecule has 29 heavy (non-hydrogen) atoms. The van der Waals surface area contributed by atoms with Gasteiger partial charge in [-0.2, -0.15) is 5.10 Å². The third-order valence-corrected chi connectivity index (χ3v) is 7.45. The maximum Gasteiger partial charge on any atom is 0.0961 e. The molecule has 1 aromatic heterocycles. The highest BCUT2D eigenvalue weighted by Gasteiger charge is 2.38. The lowest BCUT2D eigenvalue weighted by atomic mass is 9.62. The molecule has 1 heterocycles. The Bertz CT molecular complexity index is 1110. The zero-order chi connectivity index (χ0) is 20.6. The highest BCUT2D eigenvalue weighted by Crippen LogP contribution is 2.49. The molecule has 0 unspecified atom stereocenters. The van der Waals surface area contributed by atoms with Gasteiger partial charge in [0.25, 0.3) is 0 Å². The summed E-state index contributed by atoms with van der Waals surface area (Å²) < 4.78 is 2.12. The van der Waals surface area contributed by atoms with Gasteiger partial charge < -0.3 is 0 Å². The van der Waals surface area contributed by atoms with E-state index in [2.05, 4.69) is 82.7 Å². The molecular formula is C27H32N2. The number of fused-ring (bicyclic) bond motifs is 4. The van der Waals surface area contributed by atoms with Crippen molar-refractivity contribution in [1.82, 2.24) is 9.78 Å². The highest BCUT2D eigenvalue weighted by atomic mass is 15.3. The molecule has 5 rings (SSSR count). The van der Waals surface area contributed by atoms with E-state index in [0.717, 1.165) is 18.5 Å². The summed E-state index contributed by atoms with van der Waals surface area (Å²) >= 11 is 0. The van der Waals surface area contributed by atoms with Crippen LogP contribution in [0.3, 0.4) is 0 Å². The van der Waals surface area contributed by atoms with Crippen molar-refractivity contribution in [3.8, 4) is 22.5 Å². The predicted molar refractivity (Wildman–Crippen MR) is 122 cm³/mol. The summed E-state index contributed by atoms with van der Waals surface area (Å²) in [5, 5.41) is 4.98. The Morgan fingerprint density at radius 3 is 2.14 bits per heavy atom. The molecule has 150 valence electrons. The van der Waals surface area contributed by atoms with Crippen molar-refractivity contribution in [3.63, 3.8) is 0 Å². The molecule has 2 nitrogen and oxygen atoms in total. The van der Waals surface area contributed by atoms with Gasteiger partial charge in [0.1, 0.15) is 0 Å². The van der Waals surface area contributed by atoms with E-state index in [1.165, 1.54) is 46.4 Å². The lowest BCUT2D eigenvalue weighted by molar-refractivity contribution is 0.331. The van der Waals surface area contributed by atoms with Gasteiger partial charge in [-0.25, -0.2) is 0 Å². The SMILES string of the molecule is Cc1ccc(-c2nn(C)c3c2CCc2cc4c(cc2-3)C(C)(C)CCC4(C)C)cc1. The second-order valence-electron chi connectivity index (χ2n) is 10.5. The van der Waals surface area contributed by atoms with E-state index in [1.807, 2.05) is 0 Å². The molecule has 2 aliphatic rings. The normalized spacial score (nSPS) is 18.7. The summed E-state index contributed by atoms with van der Waals surface area (Å²) in [6.07, 6.45) is 4.69. The van der Waals surface area contributed by atoms with E-state index in [4.69, 9.17) is 5.10 Å². The Morgan fingerprint density at radius 2 is 1.48 bits per heavy atom. The topological polar surface area (TPSA) is 17.8 Å². The van der Waals surface area contributed by atoms with Crippen LogP contribution < -0.4 is 0 Å². The van der Waals surface area contributed by atoms with Crippen LogP contribution in [0.2, 0.25) is 0 Å². The van der Waals surface area contributed by atoms with Crippen LogP contribution >= 0.6 is 0 Å². The standard InChI is InChI=1S/C27H32N2/c1-17-7-9-18(10-8-17)24-20-12-11-19-15-22-23(16-21(19)25(20)29(6)28-24)27(4,5)14-13-26(22,2)3/h7-10,15-16H,11-14H2,1-6H3. The Balaban J connectivity index is 1.72. The molecule has 0 saturated carbocycles. The number of aryl methyl sites for hydroxylation is 3. The fourth-order valence-electron chi connectivity index (χ4n) is 5.43. The van der Waals surface area contributed by atoms with Gasteiger partial charge in [0.05, 0.1) is 11.4 Å². The van der Waals surface area contributed by atoms with Crippen molar-refractivity contribution in [2.24, 2.45) is 7.05 Å². The summed E-state index contributed by atoms with van der Waals surface area (Å²) in [6, 6.07) is 13.9. The van der Waals surface area contributed by atoms with Gasteiger partial charge in [-0.05, 0) is 66.2 Å². The molecule has 0 bridgehead atoms. The fourth-order valence-corrected chi connectivity index (χ4v) is 5.43. The number of benzene rings is 2. The Hall–Kier alpha value is -2.35. The lowest BCUT2D eigenvalue weighted by Crippen LogP contribution is -2.34. The number of nitrogens with zero attached hydrogens (tertiary/aromatic N) is 2. The van der Waals surface area contributed by atoms with E-state index in [1.54, 1.807) is 11.1 Å². The zero-order valence-corrected chi connectivity index (χ0v) is 18.7. The van der Waals surface area contributed by atoms with E-state index in [-0.39, 0.29) is 10.8 Å². The molecule has 0 N–H and O–H groups in total. The third-order valence-electron chi connectivity index (χ3n) is 7.45. The molecule has 0 radical (unpaired) electrons. The van der Waals surface area contributed by atoms with Gasteiger partial charge in [0.15, 0.2) is 0 Å². The monoisotopic (exact) mass is 384 g/mol. The highest BCUT2D eigenvalue weighted by molar-refractivity contribution is 5.79. The van der Waals surface area contributed by atoms with Crippen LogP contribution in [0.25, 0.3) is 22.5 Å². The molecule has 2 aliphatic carbocycles. The maximum atomic E-state index is 4.98. The Labute approximate surface area is 175 Å². The van der Waals surface area contributed by atoms with Gasteiger partial charge in [-0.1, -0.05) is 63.6 Å². The van der Waals surface area contributed by atoms with E-state index >= 15 is 0 Å². The fraction of sp³-hybridized carbons (Fsp3) is 0.444. The largest absolute Gasteiger partial charge is 0.267 e. The molecular weight excluding hydrogens is 352 g/mol. The molecule has 0 saturated heterocycles. The zero-order valence-electron chi connectivity index (χ0n) is 18.7. The van der Waals surface area contributed by atoms with Gasteiger partial charge in [-0.15, -0.1) is 0 Å². The second-order valence-corrected chi connectivity index (χ2v) is 10.5. The third kappa shape index (κ3) is 2.79. The van der Waals surface area contributed by atoms with Crippen LogP contribution in [-0.4, -0.2) is 9.78 Å². The summed E-state index contributed by atoms with van der Waals surface area (Å²) in [5.41, 5.74) is 12.9. The average molecular weight is 385 g/mol. The quantitative estimate of drug-likeness (QED) is 0.467. The van der Waals surface area contributed by atoms with Crippen molar-refractivity contribution in [1.29, 1.82) is 0 Å². The molecule has 0 atom stereocenters. The molecule has 0 aliphatic heterocycles. The van der Waals surface area contributed by atoms with Crippen molar-refractivity contribution < 1.29 is 0 Å². The first kappa shape index (κ1) is 18.7. The minimum atomic E-state index is 0.232. The van der Waals surface area contributed by atoms with Crippen molar-refractivity contribution in [2.45, 2.75) is 71.1 Å². The number of rotatable bonds is 1. The van der Waals surface area contributed by atoms with Gasteiger partial charge >= 0.3 is 0 Å². The first-order valence-corrected chi connectivity index (χ1v) is 11.0. The molecule has 0 amide bonds. The molecule has 2 heteroatoms. The van der Waals surface area contributed by atoms with Gasteiger partial charge in [0.2, 0.25) is 0 Å². The van der Waals surface area contributed by atoms with Crippen LogP contribution in [0, 0.1) is 6.92 Å². The van der Waals surface area contributed by atoms with Crippen LogP contribution in [0.5, 0.6) is 0 Å². The number of hydrogen-bond donors (Lipinski definition) is 0. The van der Waals surface area contributed by atoms with Crippen LogP contribution in [0.4, 0.5) is 0 Å². The summed E-state index contributed by atoms with van der Waals surface area (Å²) in [7, 11) is 2.11. The van der Waals surface area contributed by atoms with E-state index in [9.17, 15) is 0 Å². The van der Waals surface area contributed by atoms with Crippen molar-refractivity contribution in [3.05, 3.63) is 64.2 Å². The van der Waals surface area contributed by atoms with Crippen LogP contribution in [0.1, 0.15) is 68.4 Å². The van der Waals surface area contributed by atoms with E-state index < -0.39 is 0 Å². The molecule has 0 fully saturated rings. The number of hydrogen-bond acceptors (Lipinski definition) is 1. The minimum absolute atomic E-state index is 0.232. The van der Waals surface area contributed by atoms with Crippen LogP contribution in [-0.2, 0) is 30.7 Å². The van der Waals surface area contributed by atoms with Crippen LogP contribution in [0.15, 0.2) is 36.4 Å². The van der Waals surface area contributed by atoms with Gasteiger partial charge in [0, 0.05) is 23.7 Å². The number of aromatic nitrogens is 2. The summed E-state index contributed by atoms with van der Waals surface area (Å²) in [5.74, 6) is 0. The molecule has 0 spiro atoms. The van der Waals surface area contributed by atoms with Crippen molar-refractivity contribution in [2.75, 3.05) is 0 Å². The molecule has 2 aromatic carbocycles. The smallest absolute Gasteiger partial charge is 0.0961 e. The Morgan fingerprint density at radius 1 is 0.862 bits per heavy atom. The minimum Gasteiger partial charge on any atom is -0.267 e. The lowest BCUT2D eigenvalue weighted by Gasteiger charge is -2.43. The first-order valence-electron chi connectivity index (χ1n) is 11.0.